The fourth-order valence-electron chi connectivity index (χ4n) is 13.2. The summed E-state index contributed by atoms with van der Waals surface area (Å²) in [7, 11) is 11.6. The molecule has 11 amide bonds. The van der Waals surface area contributed by atoms with Crippen LogP contribution in [0.15, 0.2) is 36.4 Å². The van der Waals surface area contributed by atoms with Gasteiger partial charge in [-0.25, -0.2) is 0 Å². The molecule has 0 saturated carbocycles. The van der Waals surface area contributed by atoms with Crippen molar-refractivity contribution >= 4 is 76.7 Å². The van der Waals surface area contributed by atoms with Crippen molar-refractivity contribution in [2.75, 3.05) is 95.0 Å². The molecule has 0 spiro atoms. The van der Waals surface area contributed by atoms with Crippen molar-refractivity contribution in [2.24, 2.45) is 35.5 Å². The number of thioether (sulfide) groups is 1. The molecule has 27 nitrogen and oxygen atoms in total. The first-order valence-corrected chi connectivity index (χ1v) is 38.6. The Hall–Kier alpha value is -6.88. The number of amides is 11. The average molecular weight is 1500 g/mol. The van der Waals surface area contributed by atoms with Crippen LogP contribution in [0.5, 0.6) is 5.75 Å². The number of nitrogens with one attached hydrogen (secondary N) is 4. The lowest BCUT2D eigenvalue weighted by molar-refractivity contribution is -0.157. The Balaban J connectivity index is 2.46. The molecule has 0 bridgehead atoms. The fourth-order valence-corrected chi connectivity index (χ4v) is 14.4. The van der Waals surface area contributed by atoms with Crippen molar-refractivity contribution in [3.63, 3.8) is 0 Å². The molecule has 2 aliphatic rings. The van der Waals surface area contributed by atoms with E-state index in [2.05, 4.69) is 26.2 Å². The molecule has 2 heterocycles. The van der Waals surface area contributed by atoms with Crippen molar-refractivity contribution in [3.8, 4) is 5.75 Å². The van der Waals surface area contributed by atoms with Gasteiger partial charge in [0.2, 0.25) is 59.1 Å². The van der Waals surface area contributed by atoms with Gasteiger partial charge in [-0.1, -0.05) is 107 Å². The molecule has 596 valence electrons. The summed E-state index contributed by atoms with van der Waals surface area (Å²) in [6, 6.07) is -5.87. The summed E-state index contributed by atoms with van der Waals surface area (Å²) in [6.07, 6.45) is 3.11. The highest BCUT2D eigenvalue weighted by Crippen LogP contribution is 2.30. The summed E-state index contributed by atoms with van der Waals surface area (Å²) < 4.78 is 17.5. The lowest BCUT2D eigenvalue weighted by Crippen LogP contribution is -2.64. The third kappa shape index (κ3) is 26.8. The lowest BCUT2D eigenvalue weighted by atomic mass is 9.91. The van der Waals surface area contributed by atoms with Crippen LogP contribution in [0.3, 0.4) is 0 Å². The van der Waals surface area contributed by atoms with Crippen LogP contribution in [0.1, 0.15) is 168 Å². The predicted octanol–water partition coefficient (Wildman–Crippen LogP) is 5.40. The lowest BCUT2D eigenvalue weighted by Gasteiger charge is -2.41. The number of aliphatic hydroxyl groups excluding tert-OH is 1. The van der Waals surface area contributed by atoms with Crippen LogP contribution < -0.4 is 26.0 Å². The molecule has 13 atom stereocenters. The highest BCUT2D eigenvalue weighted by atomic mass is 32.2. The maximum atomic E-state index is 15.9. The summed E-state index contributed by atoms with van der Waals surface area (Å²) in [5, 5.41) is 22.4. The molecule has 1 aromatic rings. The average Bonchev–Trinajstić information content (AvgIpc) is 0.801. The molecule has 28 heteroatoms. The summed E-state index contributed by atoms with van der Waals surface area (Å²) >= 11 is 1.17. The number of morpholine rings is 1. The van der Waals surface area contributed by atoms with Gasteiger partial charge in [-0.05, 0) is 139 Å². The topological polar surface area (TPSA) is 310 Å². The number of nitrogens with zero attached hydrogens (tertiary/aromatic N) is 8. The summed E-state index contributed by atoms with van der Waals surface area (Å²) in [5.41, 5.74) is -0.391. The van der Waals surface area contributed by atoms with E-state index in [-0.39, 0.29) is 62.9 Å². The fraction of sp³-hybridized carbons (Fsp3) is 0.753. The minimum atomic E-state index is -1.67. The maximum Gasteiger partial charge on any atom is 0.256 e. The van der Waals surface area contributed by atoms with Crippen LogP contribution >= 0.6 is 11.8 Å². The molecular weight excluding hydrogens is 1360 g/mol. The molecule has 0 aromatic heterocycles. The van der Waals surface area contributed by atoms with Gasteiger partial charge in [0.25, 0.3) is 5.91 Å². The zero-order valence-electron chi connectivity index (χ0n) is 67.9. The van der Waals surface area contributed by atoms with Gasteiger partial charge in [0.1, 0.15) is 66.2 Å². The predicted molar refractivity (Wildman–Crippen MR) is 409 cm³/mol. The van der Waals surface area contributed by atoms with Gasteiger partial charge in [0.15, 0.2) is 5.37 Å². The molecular formula is C77H132N12O15S. The van der Waals surface area contributed by atoms with Gasteiger partial charge >= 0.3 is 0 Å². The number of hydrogen-bond acceptors (Lipinski definition) is 17. The van der Waals surface area contributed by atoms with Gasteiger partial charge in [-0.15, -0.1) is 11.8 Å². The zero-order chi connectivity index (χ0) is 79.8. The van der Waals surface area contributed by atoms with E-state index in [0.29, 0.717) is 50.8 Å². The number of rotatable bonds is 24. The van der Waals surface area contributed by atoms with E-state index in [1.54, 1.807) is 80.7 Å². The Morgan fingerprint density at radius 2 is 1.07 bits per heavy atom. The second kappa shape index (κ2) is 43.2. The van der Waals surface area contributed by atoms with E-state index >= 15 is 38.4 Å². The largest absolute Gasteiger partial charge is 0.497 e. The Kier molecular flexibility index (Phi) is 38.0. The molecule has 0 unspecified atom stereocenters. The number of ether oxygens (including phenoxy) is 3. The number of methoxy groups -OCH3 is 1. The van der Waals surface area contributed by atoms with E-state index in [4.69, 9.17) is 14.2 Å². The van der Waals surface area contributed by atoms with Crippen LogP contribution in [0, 0.1) is 35.5 Å². The van der Waals surface area contributed by atoms with Crippen molar-refractivity contribution in [1.29, 1.82) is 0 Å². The number of allylic oxidation sites excluding steroid dienone is 2. The van der Waals surface area contributed by atoms with Gasteiger partial charge in [-0.3, -0.25) is 57.6 Å². The third-order valence-corrected chi connectivity index (χ3v) is 21.3. The first-order chi connectivity index (χ1) is 49.0. The smallest absolute Gasteiger partial charge is 0.256 e. The number of carbonyl (C=O) groups is 11. The number of likely N-dealkylation sites (N-methyl/N-ethyl adjacent to an activating group) is 7. The maximum absolute atomic E-state index is 15.9. The van der Waals surface area contributed by atoms with Gasteiger partial charge in [-0.2, -0.15) is 0 Å². The van der Waals surface area contributed by atoms with Gasteiger partial charge in [0, 0.05) is 68.8 Å². The molecule has 105 heavy (non-hydrogen) atoms. The standard InChI is InChI=1S/C77H132N12O15S/c1-26-28-30-51(13)64(90)63-68(94)80-56(27-2)70(96)88(24)76(105-40-29-35-89-36-38-103-39-37-89)75(101)85(21)60(44-77(16,17)104-45-54-31-33-55(102-25)34-32-54)67(93)81-61(49(9)10)73(99)82(18)57(41-46(3)4)66(92)78-52(14)65(91)79-53(15)69(95)83(19)58(42-47(5)6)71(97)84(20)59(43-48(7)8)72(98)86(22)62(50(11)12)74(100)87(63)23/h26,28,31-34,46-53,56-64,76,90H,27,29-30,35-45H2,1-25H3,(H,78,92)(H,79,91)(H,80,94)(H,81,93)/t51-,52+,53-,56+,57+,58+,59+,60+,61+,62+,63+,64-,76-/m1/s1. The second-order valence-corrected chi connectivity index (χ2v) is 32.5. The molecule has 3 rings (SSSR count). The first kappa shape index (κ1) is 92.3. The molecule has 2 saturated heterocycles. The normalized spacial score (nSPS) is 25.9. The van der Waals surface area contributed by atoms with E-state index < -0.39 is 160 Å². The molecule has 1 aromatic carbocycles. The van der Waals surface area contributed by atoms with Gasteiger partial charge < -0.3 is 74.9 Å². The molecule has 5 N–H and O–H groups in total. The summed E-state index contributed by atoms with van der Waals surface area (Å²) in [5.74, 6) is -9.21. The van der Waals surface area contributed by atoms with Crippen LogP contribution in [-0.2, 0) is 68.8 Å². The van der Waals surface area contributed by atoms with Crippen LogP contribution in [0.4, 0.5) is 0 Å². The second-order valence-electron chi connectivity index (χ2n) is 31.3. The minimum Gasteiger partial charge on any atom is -0.497 e. The Bertz CT molecular complexity index is 3050. The highest BCUT2D eigenvalue weighted by molar-refractivity contribution is 8.00. The zero-order valence-corrected chi connectivity index (χ0v) is 68.7. The van der Waals surface area contributed by atoms with Gasteiger partial charge in [0.05, 0.1) is 38.6 Å². The Morgan fingerprint density at radius 1 is 0.571 bits per heavy atom. The van der Waals surface area contributed by atoms with E-state index in [9.17, 15) is 19.5 Å². The SMILES string of the molecule is CC=CC[C@@H](C)[C@@H](O)[C@H]1C(=O)N[C@@H](CC)C(=O)N(C)[C@H](SCCCN2CCOCC2)C(=O)N(C)[C@@H](CC(C)(C)OCc2ccc(OC)cc2)C(=O)N[C@@H](C(C)C)C(=O)N(C)[C@@H](CC(C)C)C(=O)N[C@@H](C)C(=O)N[C@H](C)C(=O)N(C)[C@@H](CC(C)C)C(=O)N(C)[C@@H](CC(C)C)C(=O)N(C)[C@@H](C(C)C)C(=O)N1C. The number of benzene rings is 1. The minimum absolute atomic E-state index is 0.0319. The number of carbonyl (C=O) groups excluding carboxylic acids is 11. The van der Waals surface area contributed by atoms with Crippen LogP contribution in [-0.4, -0.2) is 282 Å². The van der Waals surface area contributed by atoms with Crippen molar-refractivity contribution < 1.29 is 72.1 Å². The van der Waals surface area contributed by atoms with Crippen LogP contribution in [0.25, 0.3) is 0 Å². The van der Waals surface area contributed by atoms with Crippen molar-refractivity contribution in [2.45, 2.75) is 247 Å². The summed E-state index contributed by atoms with van der Waals surface area (Å²) in [4.78, 5) is 178. The van der Waals surface area contributed by atoms with E-state index in [1.165, 1.54) is 104 Å². The monoisotopic (exact) mass is 1500 g/mol. The van der Waals surface area contributed by atoms with Crippen LogP contribution in [0.2, 0.25) is 0 Å². The summed E-state index contributed by atoms with van der Waals surface area (Å²) in [6.45, 7) is 33.0. The third-order valence-electron chi connectivity index (χ3n) is 20.0. The highest BCUT2D eigenvalue weighted by Gasteiger charge is 2.47. The molecule has 2 aliphatic heterocycles. The molecule has 2 fully saturated rings. The molecule has 0 radical (unpaired) electrons. The van der Waals surface area contributed by atoms with Crippen molar-refractivity contribution in [1.82, 2.24) is 60.5 Å². The Morgan fingerprint density at radius 3 is 1.58 bits per heavy atom. The van der Waals surface area contributed by atoms with E-state index in [1.807, 2.05) is 66.7 Å². The van der Waals surface area contributed by atoms with E-state index in [0.717, 1.165) is 10.5 Å². The van der Waals surface area contributed by atoms with Crippen molar-refractivity contribution in [3.05, 3.63) is 42.0 Å². The molecule has 0 aliphatic carbocycles. The number of aliphatic hydroxyl groups is 1. The first-order valence-electron chi connectivity index (χ1n) is 37.6. The Labute approximate surface area is 631 Å². The number of hydrogen-bond donors (Lipinski definition) is 5. The quantitative estimate of drug-likeness (QED) is 0.0639.